The fourth-order valence-corrected chi connectivity index (χ4v) is 2.51. The molecular weight excluding hydrogens is 288 g/mol. The number of hydrogen-bond donors (Lipinski definition) is 0. The lowest BCUT2D eigenvalue weighted by Gasteiger charge is -2.05. The summed E-state index contributed by atoms with van der Waals surface area (Å²) in [6, 6.07) is 8.93. The molecule has 0 N–H and O–H groups in total. The molecule has 0 aliphatic heterocycles. The first kappa shape index (κ1) is 19.4. The van der Waals surface area contributed by atoms with E-state index in [2.05, 4.69) is 6.92 Å². The number of hydrogen-bond acceptors (Lipinski definition) is 3. The summed E-state index contributed by atoms with van der Waals surface area (Å²) >= 11 is 0. The van der Waals surface area contributed by atoms with Crippen molar-refractivity contribution in [2.75, 3.05) is 6.61 Å². The van der Waals surface area contributed by atoms with Gasteiger partial charge in [0.05, 0.1) is 0 Å². The van der Waals surface area contributed by atoms with Crippen LogP contribution < -0.4 is 0 Å². The van der Waals surface area contributed by atoms with E-state index in [1.165, 1.54) is 44.9 Å². The van der Waals surface area contributed by atoms with Gasteiger partial charge in [-0.1, -0.05) is 88.6 Å². The summed E-state index contributed by atoms with van der Waals surface area (Å²) in [6.07, 6.45) is 11.4. The van der Waals surface area contributed by atoms with Gasteiger partial charge in [-0.2, -0.15) is 0 Å². The monoisotopic (exact) mass is 318 g/mol. The molecule has 0 unspecified atom stereocenters. The lowest BCUT2D eigenvalue weighted by atomic mass is 10.1. The SMILES string of the molecule is CCCCCCCCCCCC(=O)OCC(=O)c1ccccc1. The van der Waals surface area contributed by atoms with Crippen LogP contribution in [-0.2, 0) is 9.53 Å². The number of benzene rings is 1. The minimum absolute atomic E-state index is 0.147. The zero-order chi connectivity index (χ0) is 16.8. The van der Waals surface area contributed by atoms with Crippen LogP contribution in [0.2, 0.25) is 0 Å². The number of ether oxygens (including phenoxy) is 1. The molecule has 0 aliphatic rings. The normalized spacial score (nSPS) is 10.5. The molecule has 1 aromatic carbocycles. The molecule has 0 heterocycles. The van der Waals surface area contributed by atoms with E-state index in [9.17, 15) is 9.59 Å². The average molecular weight is 318 g/mol. The highest BCUT2D eigenvalue weighted by molar-refractivity contribution is 5.97. The van der Waals surface area contributed by atoms with Crippen molar-refractivity contribution < 1.29 is 14.3 Å². The van der Waals surface area contributed by atoms with Gasteiger partial charge in [0.25, 0.3) is 0 Å². The number of ketones is 1. The number of unbranched alkanes of at least 4 members (excludes halogenated alkanes) is 8. The van der Waals surface area contributed by atoms with E-state index in [-0.39, 0.29) is 18.4 Å². The highest BCUT2D eigenvalue weighted by Gasteiger charge is 2.09. The van der Waals surface area contributed by atoms with Crippen molar-refractivity contribution in [2.45, 2.75) is 71.1 Å². The Morgan fingerprint density at radius 1 is 0.826 bits per heavy atom. The first-order chi connectivity index (χ1) is 11.2. The maximum atomic E-state index is 11.8. The van der Waals surface area contributed by atoms with Crippen molar-refractivity contribution in [1.29, 1.82) is 0 Å². The van der Waals surface area contributed by atoms with Gasteiger partial charge in [0.15, 0.2) is 12.4 Å². The summed E-state index contributed by atoms with van der Waals surface area (Å²) in [4.78, 5) is 23.4. The summed E-state index contributed by atoms with van der Waals surface area (Å²) in [6.45, 7) is 2.08. The van der Waals surface area contributed by atoms with Crippen molar-refractivity contribution in [2.24, 2.45) is 0 Å². The van der Waals surface area contributed by atoms with Crippen LogP contribution >= 0.6 is 0 Å². The van der Waals surface area contributed by atoms with Crippen molar-refractivity contribution in [1.82, 2.24) is 0 Å². The first-order valence-corrected chi connectivity index (χ1v) is 8.98. The second kappa shape index (κ2) is 12.9. The van der Waals surface area contributed by atoms with Crippen LogP contribution in [0.25, 0.3) is 0 Å². The zero-order valence-corrected chi connectivity index (χ0v) is 14.4. The predicted molar refractivity (Wildman–Crippen MR) is 93.6 cm³/mol. The molecule has 0 saturated carbocycles. The van der Waals surface area contributed by atoms with E-state index < -0.39 is 0 Å². The number of esters is 1. The van der Waals surface area contributed by atoms with Gasteiger partial charge in [-0.05, 0) is 6.42 Å². The molecule has 1 aromatic rings. The van der Waals surface area contributed by atoms with Crippen molar-refractivity contribution >= 4 is 11.8 Å². The third kappa shape index (κ3) is 9.88. The second-order valence-electron chi connectivity index (χ2n) is 6.03. The predicted octanol–water partition coefficient (Wildman–Crippen LogP) is 5.33. The minimum atomic E-state index is -0.266. The van der Waals surface area contributed by atoms with Crippen LogP contribution in [-0.4, -0.2) is 18.4 Å². The molecule has 0 spiro atoms. The fourth-order valence-electron chi connectivity index (χ4n) is 2.51. The summed E-state index contributed by atoms with van der Waals surface area (Å²) in [5.74, 6) is -0.414. The van der Waals surface area contributed by atoms with E-state index in [0.29, 0.717) is 12.0 Å². The Morgan fingerprint density at radius 3 is 2.00 bits per heavy atom. The van der Waals surface area contributed by atoms with E-state index in [0.717, 1.165) is 12.8 Å². The van der Waals surface area contributed by atoms with Gasteiger partial charge in [0, 0.05) is 12.0 Å². The van der Waals surface area contributed by atoms with E-state index >= 15 is 0 Å². The lowest BCUT2D eigenvalue weighted by Crippen LogP contribution is -2.13. The highest BCUT2D eigenvalue weighted by Crippen LogP contribution is 2.11. The Balaban J connectivity index is 1.97. The van der Waals surface area contributed by atoms with Gasteiger partial charge in [-0.15, -0.1) is 0 Å². The maximum Gasteiger partial charge on any atom is 0.306 e. The van der Waals surface area contributed by atoms with Gasteiger partial charge >= 0.3 is 5.97 Å². The number of carbonyl (C=O) groups excluding carboxylic acids is 2. The molecule has 3 nitrogen and oxygen atoms in total. The fraction of sp³-hybridized carbons (Fsp3) is 0.600. The minimum Gasteiger partial charge on any atom is -0.457 e. The quantitative estimate of drug-likeness (QED) is 0.280. The average Bonchev–Trinajstić information content (AvgIpc) is 2.59. The molecule has 0 saturated heterocycles. The Labute approximate surface area is 140 Å². The van der Waals surface area contributed by atoms with Gasteiger partial charge < -0.3 is 4.74 Å². The molecule has 0 bridgehead atoms. The standard InChI is InChI=1S/C20H30O3/c1-2-3-4-5-6-7-8-9-13-16-20(22)23-17-19(21)18-14-11-10-12-15-18/h10-12,14-15H,2-9,13,16-17H2,1H3. The Kier molecular flexibility index (Phi) is 10.9. The molecule has 128 valence electrons. The molecule has 0 aromatic heterocycles. The smallest absolute Gasteiger partial charge is 0.306 e. The largest absolute Gasteiger partial charge is 0.457 e. The molecular formula is C20H30O3. The highest BCUT2D eigenvalue weighted by atomic mass is 16.5. The van der Waals surface area contributed by atoms with Crippen LogP contribution in [0.5, 0.6) is 0 Å². The molecule has 0 fully saturated rings. The van der Waals surface area contributed by atoms with Gasteiger partial charge in [-0.25, -0.2) is 0 Å². The zero-order valence-electron chi connectivity index (χ0n) is 14.4. The van der Waals surface area contributed by atoms with Gasteiger partial charge in [0.2, 0.25) is 0 Å². The van der Waals surface area contributed by atoms with Crippen molar-refractivity contribution in [3.63, 3.8) is 0 Å². The summed E-state index contributed by atoms with van der Waals surface area (Å²) in [5.41, 5.74) is 0.586. The van der Waals surface area contributed by atoms with Gasteiger partial charge in [-0.3, -0.25) is 9.59 Å². The van der Waals surface area contributed by atoms with Crippen LogP contribution in [0, 0.1) is 0 Å². The molecule has 1 rings (SSSR count). The van der Waals surface area contributed by atoms with Crippen LogP contribution in [0.1, 0.15) is 81.5 Å². The molecule has 0 amide bonds. The number of rotatable bonds is 13. The van der Waals surface area contributed by atoms with E-state index in [4.69, 9.17) is 4.74 Å². The Hall–Kier alpha value is -1.64. The summed E-state index contributed by atoms with van der Waals surface area (Å²) in [5, 5.41) is 0. The summed E-state index contributed by atoms with van der Waals surface area (Å²) in [7, 11) is 0. The molecule has 0 aliphatic carbocycles. The third-order valence-corrected chi connectivity index (χ3v) is 3.94. The van der Waals surface area contributed by atoms with E-state index in [1.807, 2.05) is 6.07 Å². The summed E-state index contributed by atoms with van der Waals surface area (Å²) < 4.78 is 5.04. The van der Waals surface area contributed by atoms with Gasteiger partial charge in [0.1, 0.15) is 0 Å². The third-order valence-electron chi connectivity index (χ3n) is 3.94. The topological polar surface area (TPSA) is 43.4 Å². The number of Topliss-reactive ketones (excluding diaryl/α,β-unsaturated/α-hetero) is 1. The second-order valence-corrected chi connectivity index (χ2v) is 6.03. The van der Waals surface area contributed by atoms with Crippen molar-refractivity contribution in [3.8, 4) is 0 Å². The molecule has 23 heavy (non-hydrogen) atoms. The maximum absolute atomic E-state index is 11.8. The molecule has 0 atom stereocenters. The van der Waals surface area contributed by atoms with Crippen molar-refractivity contribution in [3.05, 3.63) is 35.9 Å². The van der Waals surface area contributed by atoms with Crippen LogP contribution in [0.3, 0.4) is 0 Å². The first-order valence-electron chi connectivity index (χ1n) is 8.98. The van der Waals surface area contributed by atoms with Crippen LogP contribution in [0.4, 0.5) is 0 Å². The van der Waals surface area contributed by atoms with E-state index in [1.54, 1.807) is 24.3 Å². The lowest BCUT2D eigenvalue weighted by molar-refractivity contribution is -0.142. The Bertz CT molecular complexity index is 439. The molecule has 3 heteroatoms. The Morgan fingerprint density at radius 2 is 1.39 bits per heavy atom. The molecule has 0 radical (unpaired) electrons. The van der Waals surface area contributed by atoms with Crippen LogP contribution in [0.15, 0.2) is 30.3 Å². The number of carbonyl (C=O) groups is 2.